The molecule has 3 nitrogen and oxygen atoms in total. The first kappa shape index (κ1) is 13.4. The van der Waals surface area contributed by atoms with Crippen LogP contribution in [-0.2, 0) is 0 Å². The number of nitrogens with zero attached hydrogens (tertiary/aromatic N) is 1. The molecular formula is C15H21ClN2O. The van der Waals surface area contributed by atoms with Crippen molar-refractivity contribution in [2.24, 2.45) is 0 Å². The van der Waals surface area contributed by atoms with Crippen molar-refractivity contribution in [1.29, 1.82) is 0 Å². The lowest BCUT2D eigenvalue weighted by Crippen LogP contribution is -2.35. The van der Waals surface area contributed by atoms with E-state index in [1.165, 1.54) is 25.8 Å². The van der Waals surface area contributed by atoms with Crippen LogP contribution in [0.2, 0.25) is 5.02 Å². The van der Waals surface area contributed by atoms with Gasteiger partial charge < -0.3 is 10.4 Å². The van der Waals surface area contributed by atoms with Crippen LogP contribution in [0.1, 0.15) is 30.9 Å². The molecule has 1 heterocycles. The van der Waals surface area contributed by atoms with Crippen LogP contribution in [0.15, 0.2) is 24.3 Å². The number of likely N-dealkylation sites (tertiary alicyclic amines) is 1. The van der Waals surface area contributed by atoms with Gasteiger partial charge in [-0.05, 0) is 37.0 Å². The molecule has 1 aliphatic carbocycles. The molecule has 4 heteroatoms. The molecule has 2 aliphatic rings. The summed E-state index contributed by atoms with van der Waals surface area (Å²) >= 11 is 5.85. The van der Waals surface area contributed by atoms with E-state index in [1.54, 1.807) is 0 Å². The molecule has 2 unspecified atom stereocenters. The molecule has 0 aromatic heterocycles. The van der Waals surface area contributed by atoms with E-state index in [0.717, 1.165) is 18.2 Å². The molecule has 1 aromatic carbocycles. The van der Waals surface area contributed by atoms with E-state index < -0.39 is 6.10 Å². The molecule has 0 amide bonds. The predicted octanol–water partition coefficient (Wildman–Crippen LogP) is 2.20. The number of hydrogen-bond acceptors (Lipinski definition) is 3. The summed E-state index contributed by atoms with van der Waals surface area (Å²) in [5.41, 5.74) is 0.925. The maximum atomic E-state index is 10.1. The first-order valence-corrected chi connectivity index (χ1v) is 7.51. The number of halogens is 1. The fraction of sp³-hybridized carbons (Fsp3) is 0.600. The third-order valence-electron chi connectivity index (χ3n) is 4.14. The van der Waals surface area contributed by atoms with E-state index in [1.807, 2.05) is 24.3 Å². The molecule has 1 aliphatic heterocycles. The first-order valence-electron chi connectivity index (χ1n) is 7.13. The Hall–Kier alpha value is -0.610. The summed E-state index contributed by atoms with van der Waals surface area (Å²) in [6.45, 7) is 2.96. The molecule has 0 spiro atoms. The van der Waals surface area contributed by atoms with Gasteiger partial charge >= 0.3 is 0 Å². The fourth-order valence-electron chi connectivity index (χ4n) is 2.81. The van der Waals surface area contributed by atoms with Crippen molar-refractivity contribution in [3.63, 3.8) is 0 Å². The van der Waals surface area contributed by atoms with Gasteiger partial charge in [0.2, 0.25) is 0 Å². The van der Waals surface area contributed by atoms with E-state index in [2.05, 4.69) is 10.2 Å². The minimum absolute atomic E-state index is 0.452. The second kappa shape index (κ2) is 5.80. The number of rotatable bonds is 5. The Labute approximate surface area is 119 Å². The van der Waals surface area contributed by atoms with Gasteiger partial charge in [-0.3, -0.25) is 4.90 Å². The fourth-order valence-corrected chi connectivity index (χ4v) is 2.93. The van der Waals surface area contributed by atoms with Gasteiger partial charge in [0.25, 0.3) is 0 Å². The molecule has 19 heavy (non-hydrogen) atoms. The molecule has 1 saturated heterocycles. The molecule has 2 N–H and O–H groups in total. The monoisotopic (exact) mass is 280 g/mol. The SMILES string of the molecule is OC(CNC1CCN(C2CC2)C1)c1ccc(Cl)cc1. The number of hydrogen-bond donors (Lipinski definition) is 2. The Bertz CT molecular complexity index is 419. The number of benzene rings is 1. The molecule has 104 valence electrons. The molecule has 3 rings (SSSR count). The van der Waals surface area contributed by atoms with Crippen molar-refractivity contribution < 1.29 is 5.11 Å². The van der Waals surface area contributed by atoms with Crippen molar-refractivity contribution in [2.45, 2.75) is 37.5 Å². The lowest BCUT2D eigenvalue weighted by molar-refractivity contribution is 0.169. The van der Waals surface area contributed by atoms with Crippen LogP contribution in [0.3, 0.4) is 0 Å². The van der Waals surface area contributed by atoms with Crippen LogP contribution in [0.5, 0.6) is 0 Å². The van der Waals surface area contributed by atoms with Crippen LogP contribution in [-0.4, -0.2) is 41.7 Å². The van der Waals surface area contributed by atoms with Gasteiger partial charge in [0.15, 0.2) is 0 Å². The maximum absolute atomic E-state index is 10.1. The molecular weight excluding hydrogens is 260 g/mol. The summed E-state index contributed by atoms with van der Waals surface area (Å²) in [7, 11) is 0. The normalized spacial score (nSPS) is 25.7. The number of nitrogens with one attached hydrogen (secondary N) is 1. The van der Waals surface area contributed by atoms with Crippen molar-refractivity contribution >= 4 is 11.6 Å². The smallest absolute Gasteiger partial charge is 0.0914 e. The summed E-state index contributed by atoms with van der Waals surface area (Å²) in [6.07, 6.45) is 3.50. The zero-order chi connectivity index (χ0) is 13.2. The van der Waals surface area contributed by atoms with Crippen LogP contribution in [0.4, 0.5) is 0 Å². The third kappa shape index (κ3) is 3.48. The van der Waals surface area contributed by atoms with E-state index in [-0.39, 0.29) is 0 Å². The van der Waals surface area contributed by atoms with Gasteiger partial charge in [0.1, 0.15) is 0 Å². The number of aliphatic hydroxyl groups excluding tert-OH is 1. The second-order valence-corrected chi connectivity index (χ2v) is 6.12. The molecule has 1 saturated carbocycles. The molecule has 2 fully saturated rings. The lowest BCUT2D eigenvalue weighted by Gasteiger charge is -2.18. The zero-order valence-electron chi connectivity index (χ0n) is 11.1. The standard InChI is InChI=1S/C15H21ClN2O/c16-12-3-1-11(2-4-12)15(19)9-17-13-7-8-18(10-13)14-5-6-14/h1-4,13-15,17,19H,5-10H2. The summed E-state index contributed by atoms with van der Waals surface area (Å²) in [6, 6.07) is 8.81. The molecule has 2 atom stereocenters. The highest BCUT2D eigenvalue weighted by Gasteiger charge is 2.34. The summed E-state index contributed by atoms with van der Waals surface area (Å²) in [5.74, 6) is 0. The summed E-state index contributed by atoms with van der Waals surface area (Å²) in [5, 5.41) is 14.3. The molecule has 0 radical (unpaired) electrons. The Kier molecular flexibility index (Phi) is 4.08. The minimum atomic E-state index is -0.452. The maximum Gasteiger partial charge on any atom is 0.0914 e. The highest BCUT2D eigenvalue weighted by Crippen LogP contribution is 2.29. The average Bonchev–Trinajstić information content (AvgIpc) is 3.16. The van der Waals surface area contributed by atoms with Crippen molar-refractivity contribution in [1.82, 2.24) is 10.2 Å². The van der Waals surface area contributed by atoms with Crippen LogP contribution in [0.25, 0.3) is 0 Å². The Morgan fingerprint density at radius 1 is 1.26 bits per heavy atom. The summed E-state index contributed by atoms with van der Waals surface area (Å²) < 4.78 is 0. The predicted molar refractivity (Wildman–Crippen MR) is 77.4 cm³/mol. The quantitative estimate of drug-likeness (QED) is 0.868. The highest BCUT2D eigenvalue weighted by atomic mass is 35.5. The van der Waals surface area contributed by atoms with Crippen molar-refractivity contribution in [3.8, 4) is 0 Å². The Balaban J connectivity index is 1.45. The summed E-state index contributed by atoms with van der Waals surface area (Å²) in [4.78, 5) is 2.58. The average molecular weight is 281 g/mol. The topological polar surface area (TPSA) is 35.5 Å². The van der Waals surface area contributed by atoms with E-state index >= 15 is 0 Å². The van der Waals surface area contributed by atoms with Gasteiger partial charge in [-0.25, -0.2) is 0 Å². The molecule has 1 aromatic rings. The Morgan fingerprint density at radius 2 is 2.00 bits per heavy atom. The second-order valence-electron chi connectivity index (χ2n) is 5.69. The van der Waals surface area contributed by atoms with Crippen LogP contribution < -0.4 is 5.32 Å². The van der Waals surface area contributed by atoms with Gasteiger partial charge in [-0.2, -0.15) is 0 Å². The zero-order valence-corrected chi connectivity index (χ0v) is 11.8. The minimum Gasteiger partial charge on any atom is -0.387 e. The van der Waals surface area contributed by atoms with E-state index in [0.29, 0.717) is 17.6 Å². The van der Waals surface area contributed by atoms with E-state index in [4.69, 9.17) is 11.6 Å². The van der Waals surface area contributed by atoms with E-state index in [9.17, 15) is 5.11 Å². The van der Waals surface area contributed by atoms with Gasteiger partial charge in [-0.1, -0.05) is 23.7 Å². The van der Waals surface area contributed by atoms with Gasteiger partial charge in [0, 0.05) is 36.7 Å². The van der Waals surface area contributed by atoms with Crippen LogP contribution >= 0.6 is 11.6 Å². The van der Waals surface area contributed by atoms with Gasteiger partial charge in [-0.15, -0.1) is 0 Å². The first-order chi connectivity index (χ1) is 9.22. The van der Waals surface area contributed by atoms with Crippen molar-refractivity contribution in [2.75, 3.05) is 19.6 Å². The third-order valence-corrected chi connectivity index (χ3v) is 4.39. The lowest BCUT2D eigenvalue weighted by atomic mass is 10.1. The van der Waals surface area contributed by atoms with Gasteiger partial charge in [0.05, 0.1) is 6.10 Å². The number of aliphatic hydroxyl groups is 1. The largest absolute Gasteiger partial charge is 0.387 e. The Morgan fingerprint density at radius 3 is 2.68 bits per heavy atom. The van der Waals surface area contributed by atoms with Crippen LogP contribution in [0, 0.1) is 0 Å². The highest BCUT2D eigenvalue weighted by molar-refractivity contribution is 6.30. The molecule has 0 bridgehead atoms. The van der Waals surface area contributed by atoms with Crippen molar-refractivity contribution in [3.05, 3.63) is 34.9 Å².